The topological polar surface area (TPSA) is 58.4 Å². The first-order valence-corrected chi connectivity index (χ1v) is 7.80. The van der Waals surface area contributed by atoms with Crippen LogP contribution in [0.4, 0.5) is 0 Å². The number of amides is 1. The summed E-state index contributed by atoms with van der Waals surface area (Å²) in [4.78, 5) is 18.5. The monoisotopic (exact) mass is 299 g/mol. The number of aromatic nitrogens is 1. The number of nitrogens with zero attached hydrogens (tertiary/aromatic N) is 2. The van der Waals surface area contributed by atoms with E-state index in [1.165, 1.54) is 0 Å². The molecule has 2 aromatic rings. The maximum Gasteiger partial charge on any atom is 0.237 e. The second kappa shape index (κ2) is 6.75. The second-order valence-electron chi connectivity index (χ2n) is 5.55. The van der Waals surface area contributed by atoms with Crippen molar-refractivity contribution in [2.75, 3.05) is 13.1 Å². The zero-order valence-electron chi connectivity index (χ0n) is 12.8. The Kier molecular flexibility index (Phi) is 4.53. The van der Waals surface area contributed by atoms with Gasteiger partial charge in [0.1, 0.15) is 0 Å². The molecule has 1 atom stereocenters. The van der Waals surface area contributed by atoms with Crippen molar-refractivity contribution in [2.24, 2.45) is 0 Å². The molecule has 22 heavy (non-hydrogen) atoms. The molecule has 1 aliphatic heterocycles. The molecular weight excluding hydrogens is 278 g/mol. The molecule has 0 bridgehead atoms. The molecule has 5 heteroatoms. The van der Waals surface area contributed by atoms with E-state index in [1.807, 2.05) is 30.3 Å². The third-order valence-corrected chi connectivity index (χ3v) is 3.95. The van der Waals surface area contributed by atoms with Crippen LogP contribution in [0.2, 0.25) is 0 Å². The van der Waals surface area contributed by atoms with Crippen molar-refractivity contribution in [2.45, 2.75) is 32.4 Å². The highest BCUT2D eigenvalue weighted by atomic mass is 16.4. The Labute approximate surface area is 130 Å². The summed E-state index contributed by atoms with van der Waals surface area (Å²) >= 11 is 0. The van der Waals surface area contributed by atoms with Crippen molar-refractivity contribution in [3.8, 4) is 11.3 Å². The number of carbonyl (C=O) groups is 1. The summed E-state index contributed by atoms with van der Waals surface area (Å²) in [5.41, 5.74) is 1.02. The van der Waals surface area contributed by atoms with Crippen LogP contribution in [0.1, 0.15) is 25.7 Å². The van der Waals surface area contributed by atoms with Gasteiger partial charge in [0, 0.05) is 18.7 Å². The van der Waals surface area contributed by atoms with Crippen molar-refractivity contribution < 1.29 is 9.21 Å². The fourth-order valence-electron chi connectivity index (χ4n) is 2.83. The quantitative estimate of drug-likeness (QED) is 0.921. The number of hydrogen-bond donors (Lipinski definition) is 1. The summed E-state index contributed by atoms with van der Waals surface area (Å²) in [6.07, 6.45) is 3.59. The Hall–Kier alpha value is -2.14. The van der Waals surface area contributed by atoms with Crippen LogP contribution < -0.4 is 5.32 Å². The van der Waals surface area contributed by atoms with Gasteiger partial charge in [0.25, 0.3) is 0 Å². The van der Waals surface area contributed by atoms with Crippen LogP contribution in [0.3, 0.4) is 0 Å². The number of benzene rings is 1. The van der Waals surface area contributed by atoms with Gasteiger partial charge >= 0.3 is 0 Å². The molecule has 2 heterocycles. The number of oxazole rings is 1. The molecule has 116 valence electrons. The molecule has 1 amide bonds. The molecule has 0 radical (unpaired) electrons. The molecule has 1 aromatic carbocycles. The lowest BCUT2D eigenvalue weighted by Gasteiger charge is -2.33. The Balaban J connectivity index is 1.72. The van der Waals surface area contributed by atoms with Crippen LogP contribution in [0.15, 0.2) is 40.9 Å². The van der Waals surface area contributed by atoms with E-state index in [-0.39, 0.29) is 11.9 Å². The number of carbonyl (C=O) groups excluding carboxylic acids is 1. The number of hydrogen-bond acceptors (Lipinski definition) is 4. The Bertz CT molecular complexity index is 624. The molecule has 1 aromatic heterocycles. The molecule has 0 spiro atoms. The average molecular weight is 299 g/mol. The van der Waals surface area contributed by atoms with Gasteiger partial charge in [-0.3, -0.25) is 9.69 Å². The van der Waals surface area contributed by atoms with Gasteiger partial charge in [0.15, 0.2) is 5.76 Å². The Morgan fingerprint density at radius 2 is 2.18 bits per heavy atom. The highest BCUT2D eigenvalue weighted by Gasteiger charge is 2.29. The first-order valence-electron chi connectivity index (χ1n) is 7.80. The maximum atomic E-state index is 12.0. The predicted octanol–water partition coefficient (Wildman–Crippen LogP) is 2.44. The van der Waals surface area contributed by atoms with E-state index in [0.717, 1.165) is 30.7 Å². The molecule has 1 saturated heterocycles. The van der Waals surface area contributed by atoms with Crippen molar-refractivity contribution >= 4 is 5.91 Å². The van der Waals surface area contributed by atoms with Crippen LogP contribution in [-0.2, 0) is 11.3 Å². The summed E-state index contributed by atoms with van der Waals surface area (Å²) in [7, 11) is 0. The third-order valence-electron chi connectivity index (χ3n) is 3.95. The summed E-state index contributed by atoms with van der Waals surface area (Å²) in [6.45, 7) is 4.19. The SMILES string of the molecule is CCCC1C(=O)NCCN1Cc1ncc(-c2ccccc2)o1. The molecule has 0 saturated carbocycles. The van der Waals surface area contributed by atoms with Gasteiger partial charge in [-0.05, 0) is 6.42 Å². The van der Waals surface area contributed by atoms with E-state index in [4.69, 9.17) is 4.42 Å². The largest absolute Gasteiger partial charge is 0.439 e. The minimum absolute atomic E-state index is 0.0779. The Morgan fingerprint density at radius 1 is 1.36 bits per heavy atom. The van der Waals surface area contributed by atoms with Gasteiger partial charge in [0.05, 0.1) is 18.8 Å². The van der Waals surface area contributed by atoms with E-state index in [2.05, 4.69) is 22.1 Å². The summed E-state index contributed by atoms with van der Waals surface area (Å²) in [6, 6.07) is 9.85. The van der Waals surface area contributed by atoms with Gasteiger partial charge in [-0.1, -0.05) is 43.7 Å². The van der Waals surface area contributed by atoms with E-state index < -0.39 is 0 Å². The molecular formula is C17H21N3O2. The highest BCUT2D eigenvalue weighted by molar-refractivity contribution is 5.82. The van der Waals surface area contributed by atoms with Gasteiger partial charge in [0.2, 0.25) is 11.8 Å². The number of piperazine rings is 1. The first kappa shape index (κ1) is 14.8. The van der Waals surface area contributed by atoms with E-state index in [1.54, 1.807) is 6.20 Å². The lowest BCUT2D eigenvalue weighted by atomic mass is 10.1. The standard InChI is InChI=1S/C17H21N3O2/c1-2-6-14-17(21)18-9-10-20(14)12-16-19-11-15(22-16)13-7-4-3-5-8-13/h3-5,7-8,11,14H,2,6,9-10,12H2,1H3,(H,18,21). The van der Waals surface area contributed by atoms with Crippen LogP contribution in [-0.4, -0.2) is 34.9 Å². The molecule has 0 aliphatic carbocycles. The van der Waals surface area contributed by atoms with Gasteiger partial charge in [-0.25, -0.2) is 4.98 Å². The first-order chi connectivity index (χ1) is 10.8. The van der Waals surface area contributed by atoms with Crippen LogP contribution in [0.25, 0.3) is 11.3 Å². The molecule has 1 aliphatic rings. The Morgan fingerprint density at radius 3 is 2.95 bits per heavy atom. The molecule has 1 unspecified atom stereocenters. The number of nitrogens with one attached hydrogen (secondary N) is 1. The van der Waals surface area contributed by atoms with Gasteiger partial charge in [-0.2, -0.15) is 0 Å². The predicted molar refractivity (Wildman–Crippen MR) is 84.1 cm³/mol. The summed E-state index contributed by atoms with van der Waals surface area (Å²) in [5.74, 6) is 1.54. The second-order valence-corrected chi connectivity index (χ2v) is 5.55. The minimum atomic E-state index is -0.0779. The zero-order valence-corrected chi connectivity index (χ0v) is 12.8. The van der Waals surface area contributed by atoms with Crippen molar-refractivity contribution in [3.63, 3.8) is 0 Å². The number of rotatable bonds is 5. The van der Waals surface area contributed by atoms with Crippen LogP contribution >= 0.6 is 0 Å². The van der Waals surface area contributed by atoms with E-state index >= 15 is 0 Å². The highest BCUT2D eigenvalue weighted by Crippen LogP contribution is 2.21. The lowest BCUT2D eigenvalue weighted by molar-refractivity contribution is -0.129. The zero-order chi connectivity index (χ0) is 15.4. The van der Waals surface area contributed by atoms with Gasteiger partial charge in [-0.15, -0.1) is 0 Å². The molecule has 3 rings (SSSR count). The van der Waals surface area contributed by atoms with E-state index in [9.17, 15) is 4.79 Å². The lowest BCUT2D eigenvalue weighted by Crippen LogP contribution is -2.54. The minimum Gasteiger partial charge on any atom is -0.439 e. The van der Waals surface area contributed by atoms with Crippen molar-refractivity contribution in [1.82, 2.24) is 15.2 Å². The molecule has 1 N–H and O–H groups in total. The normalized spacial score (nSPS) is 19.1. The summed E-state index contributed by atoms with van der Waals surface area (Å²) < 4.78 is 5.85. The molecule has 5 nitrogen and oxygen atoms in total. The molecule has 1 fully saturated rings. The van der Waals surface area contributed by atoms with E-state index in [0.29, 0.717) is 19.0 Å². The average Bonchev–Trinajstić information content (AvgIpc) is 3.00. The van der Waals surface area contributed by atoms with Crippen LogP contribution in [0, 0.1) is 0 Å². The fourth-order valence-corrected chi connectivity index (χ4v) is 2.83. The summed E-state index contributed by atoms with van der Waals surface area (Å²) in [5, 5.41) is 2.93. The fraction of sp³-hybridized carbons (Fsp3) is 0.412. The van der Waals surface area contributed by atoms with Crippen LogP contribution in [0.5, 0.6) is 0 Å². The third kappa shape index (κ3) is 3.20. The smallest absolute Gasteiger partial charge is 0.237 e. The van der Waals surface area contributed by atoms with Crippen molar-refractivity contribution in [3.05, 3.63) is 42.4 Å². The maximum absolute atomic E-state index is 12.0. The van der Waals surface area contributed by atoms with Gasteiger partial charge < -0.3 is 9.73 Å². The van der Waals surface area contributed by atoms with Crippen molar-refractivity contribution in [1.29, 1.82) is 0 Å².